The molecule has 0 unspecified atom stereocenters. The number of nitrogens with two attached hydrogens (primary N) is 1. The second-order valence-electron chi connectivity index (χ2n) is 3.83. The molecule has 0 atom stereocenters. The minimum absolute atomic E-state index is 0.133. The molecular weight excluding hydrogens is 380 g/mol. The molecule has 0 heterocycles. The van der Waals surface area contributed by atoms with E-state index in [1.165, 1.54) is 12.1 Å². The Labute approximate surface area is 125 Å². The molecule has 0 aliphatic heterocycles. The third kappa shape index (κ3) is 4.92. The van der Waals surface area contributed by atoms with Crippen molar-refractivity contribution in [1.29, 1.82) is 0 Å². The van der Waals surface area contributed by atoms with E-state index < -0.39 is 19.9 Å². The summed E-state index contributed by atoms with van der Waals surface area (Å²) in [5.74, 6) is -0.292. The van der Waals surface area contributed by atoms with Gasteiger partial charge in [0.1, 0.15) is 9.84 Å². The molecule has 1 aromatic carbocycles. The second kappa shape index (κ2) is 5.96. The first kappa shape index (κ1) is 16.7. The normalized spacial score (nSPS) is 12.6. The van der Waals surface area contributed by atoms with Crippen LogP contribution in [0.15, 0.2) is 21.5 Å². The van der Waals surface area contributed by atoms with Crippen molar-refractivity contribution in [2.24, 2.45) is 0 Å². The SMILES string of the molecule is CS(=O)(=O)CCNS(=O)(=O)c1cc(Cl)cc(N)c1Br. The van der Waals surface area contributed by atoms with Crippen LogP contribution in [0.1, 0.15) is 0 Å². The van der Waals surface area contributed by atoms with Crippen molar-refractivity contribution < 1.29 is 16.8 Å². The molecule has 0 saturated carbocycles. The molecular formula is C9H12BrClN2O4S2. The van der Waals surface area contributed by atoms with E-state index in [0.717, 1.165) is 6.26 Å². The number of sulfone groups is 1. The number of sulfonamides is 1. The fourth-order valence-corrected chi connectivity index (χ4v) is 4.14. The van der Waals surface area contributed by atoms with Crippen molar-refractivity contribution in [2.45, 2.75) is 4.90 Å². The maximum atomic E-state index is 12.0. The monoisotopic (exact) mass is 390 g/mol. The van der Waals surface area contributed by atoms with Gasteiger partial charge >= 0.3 is 0 Å². The summed E-state index contributed by atoms with van der Waals surface area (Å²) in [4.78, 5) is -0.133. The number of rotatable bonds is 5. The highest BCUT2D eigenvalue weighted by Gasteiger charge is 2.20. The largest absolute Gasteiger partial charge is 0.398 e. The average Bonchev–Trinajstić information content (AvgIpc) is 2.20. The molecule has 3 N–H and O–H groups in total. The lowest BCUT2D eigenvalue weighted by Crippen LogP contribution is -2.29. The summed E-state index contributed by atoms with van der Waals surface area (Å²) in [6.07, 6.45) is 1.02. The van der Waals surface area contributed by atoms with Crippen molar-refractivity contribution in [3.8, 4) is 0 Å². The molecule has 0 aliphatic rings. The molecule has 1 rings (SSSR count). The molecule has 0 fully saturated rings. The molecule has 0 saturated heterocycles. The number of hydrogen-bond acceptors (Lipinski definition) is 5. The highest BCUT2D eigenvalue weighted by molar-refractivity contribution is 9.10. The fraction of sp³-hybridized carbons (Fsp3) is 0.333. The molecule has 10 heteroatoms. The minimum Gasteiger partial charge on any atom is -0.398 e. The first-order valence-corrected chi connectivity index (χ1v) is 9.66. The van der Waals surface area contributed by atoms with Gasteiger partial charge in [0.25, 0.3) is 0 Å². The van der Waals surface area contributed by atoms with Gasteiger partial charge in [-0.15, -0.1) is 0 Å². The summed E-state index contributed by atoms with van der Waals surface area (Å²) in [7, 11) is -7.13. The Morgan fingerprint density at radius 3 is 2.42 bits per heavy atom. The molecule has 0 bridgehead atoms. The number of nitrogens with one attached hydrogen (secondary N) is 1. The number of nitrogen functional groups attached to an aromatic ring is 1. The highest BCUT2D eigenvalue weighted by Crippen LogP contribution is 2.31. The van der Waals surface area contributed by atoms with E-state index in [2.05, 4.69) is 20.7 Å². The van der Waals surface area contributed by atoms with Crippen LogP contribution < -0.4 is 10.5 Å². The fourth-order valence-electron chi connectivity index (χ4n) is 1.22. The number of benzene rings is 1. The smallest absolute Gasteiger partial charge is 0.241 e. The average molecular weight is 392 g/mol. The molecule has 6 nitrogen and oxygen atoms in total. The summed E-state index contributed by atoms with van der Waals surface area (Å²) >= 11 is 8.81. The lowest BCUT2D eigenvalue weighted by atomic mass is 10.3. The van der Waals surface area contributed by atoms with Gasteiger partial charge in [0, 0.05) is 23.5 Å². The van der Waals surface area contributed by atoms with Crippen molar-refractivity contribution in [1.82, 2.24) is 4.72 Å². The van der Waals surface area contributed by atoms with Crippen LogP contribution in [-0.2, 0) is 19.9 Å². The number of anilines is 1. The van der Waals surface area contributed by atoms with Crippen molar-refractivity contribution >= 4 is 53.1 Å². The van der Waals surface area contributed by atoms with E-state index in [-0.39, 0.29) is 32.4 Å². The van der Waals surface area contributed by atoms with Gasteiger partial charge in [-0.3, -0.25) is 0 Å². The zero-order chi connectivity index (χ0) is 14.8. The summed E-state index contributed by atoms with van der Waals surface area (Å²) in [5.41, 5.74) is 5.77. The molecule has 0 aliphatic carbocycles. The maximum Gasteiger partial charge on any atom is 0.241 e. The van der Waals surface area contributed by atoms with Gasteiger partial charge in [0.05, 0.1) is 15.1 Å². The Morgan fingerprint density at radius 1 is 1.32 bits per heavy atom. The van der Waals surface area contributed by atoms with Crippen LogP contribution in [0.25, 0.3) is 0 Å². The zero-order valence-corrected chi connectivity index (χ0v) is 13.8. The molecule has 0 spiro atoms. The third-order valence-electron chi connectivity index (χ3n) is 2.09. The highest BCUT2D eigenvalue weighted by atomic mass is 79.9. The van der Waals surface area contributed by atoms with E-state index >= 15 is 0 Å². The van der Waals surface area contributed by atoms with Crippen LogP contribution in [0, 0.1) is 0 Å². The topological polar surface area (TPSA) is 106 Å². The quantitative estimate of drug-likeness (QED) is 0.729. The van der Waals surface area contributed by atoms with Gasteiger partial charge in [0.2, 0.25) is 10.0 Å². The first-order chi connectivity index (χ1) is 8.53. The van der Waals surface area contributed by atoms with Crippen LogP contribution in [0.3, 0.4) is 0 Å². The van der Waals surface area contributed by atoms with Crippen molar-refractivity contribution in [3.63, 3.8) is 0 Å². The molecule has 0 amide bonds. The molecule has 0 radical (unpaired) electrons. The summed E-state index contributed by atoms with van der Waals surface area (Å²) in [6.45, 7) is -0.222. The lowest BCUT2D eigenvalue weighted by molar-refractivity contribution is 0.581. The van der Waals surface area contributed by atoms with Gasteiger partial charge in [-0.25, -0.2) is 21.6 Å². The minimum atomic E-state index is -3.88. The van der Waals surface area contributed by atoms with E-state index in [0.29, 0.717) is 0 Å². The first-order valence-electron chi connectivity index (χ1n) is 4.95. The lowest BCUT2D eigenvalue weighted by Gasteiger charge is -2.10. The zero-order valence-electron chi connectivity index (χ0n) is 9.85. The van der Waals surface area contributed by atoms with Crippen LogP contribution in [0.5, 0.6) is 0 Å². The standard InChI is InChI=1S/C9H12BrClN2O4S2/c1-18(14,15)3-2-13-19(16,17)8-5-6(11)4-7(12)9(8)10/h4-5,13H,2-3,12H2,1H3. The van der Waals surface area contributed by atoms with Crippen molar-refractivity contribution in [3.05, 3.63) is 21.6 Å². The van der Waals surface area contributed by atoms with Crippen LogP contribution >= 0.6 is 27.5 Å². The Balaban J connectivity index is 3.02. The van der Waals surface area contributed by atoms with E-state index in [1.54, 1.807) is 0 Å². The molecule has 0 aromatic heterocycles. The predicted octanol–water partition coefficient (Wildman–Crippen LogP) is 1.01. The van der Waals surface area contributed by atoms with E-state index in [1.807, 2.05) is 0 Å². The van der Waals surface area contributed by atoms with E-state index in [9.17, 15) is 16.8 Å². The molecule has 1 aromatic rings. The van der Waals surface area contributed by atoms with Gasteiger partial charge in [-0.2, -0.15) is 0 Å². The van der Waals surface area contributed by atoms with Crippen LogP contribution in [-0.4, -0.2) is 35.4 Å². The molecule has 19 heavy (non-hydrogen) atoms. The number of halogens is 2. The molecule has 108 valence electrons. The Bertz CT molecular complexity index is 688. The van der Waals surface area contributed by atoms with Crippen LogP contribution in [0.4, 0.5) is 5.69 Å². The van der Waals surface area contributed by atoms with Gasteiger partial charge in [0.15, 0.2) is 0 Å². The van der Waals surface area contributed by atoms with Crippen molar-refractivity contribution in [2.75, 3.05) is 24.3 Å². The Hall–Kier alpha value is -0.350. The van der Waals surface area contributed by atoms with E-state index in [4.69, 9.17) is 17.3 Å². The predicted molar refractivity (Wildman–Crippen MR) is 78.5 cm³/mol. The second-order valence-corrected chi connectivity index (χ2v) is 9.06. The van der Waals surface area contributed by atoms with Gasteiger partial charge in [-0.05, 0) is 28.1 Å². The summed E-state index contributed by atoms with van der Waals surface area (Å²) in [5, 5.41) is 0.171. The number of hydrogen-bond donors (Lipinski definition) is 2. The third-order valence-corrected chi connectivity index (χ3v) is 5.88. The summed E-state index contributed by atoms with van der Waals surface area (Å²) in [6, 6.07) is 2.63. The van der Waals surface area contributed by atoms with Gasteiger partial charge < -0.3 is 5.73 Å². The Kier molecular flexibility index (Phi) is 5.24. The Morgan fingerprint density at radius 2 is 1.89 bits per heavy atom. The summed E-state index contributed by atoms with van der Waals surface area (Å²) < 4.78 is 48.2. The maximum absolute atomic E-state index is 12.0. The van der Waals surface area contributed by atoms with Crippen LogP contribution in [0.2, 0.25) is 5.02 Å². The van der Waals surface area contributed by atoms with Gasteiger partial charge in [-0.1, -0.05) is 11.6 Å².